The van der Waals surface area contributed by atoms with E-state index in [1.165, 1.54) is 0 Å². The number of ketones is 1. The molecule has 1 unspecified atom stereocenters. The predicted molar refractivity (Wildman–Crippen MR) is 106 cm³/mol. The van der Waals surface area contributed by atoms with Gasteiger partial charge in [0.05, 0.1) is 6.04 Å². The minimum Gasteiger partial charge on any atom is -0.508 e. The van der Waals surface area contributed by atoms with Crippen LogP contribution in [0.4, 0.5) is 0 Å². The monoisotopic (exact) mass is 416 g/mol. The van der Waals surface area contributed by atoms with E-state index < -0.39 is 6.04 Å². The molecule has 0 spiro atoms. The van der Waals surface area contributed by atoms with E-state index in [-0.39, 0.29) is 11.5 Å². The van der Waals surface area contributed by atoms with Crippen LogP contribution < -0.4 is 5.32 Å². The number of rotatable bonds is 3. The number of hydrogen-bond donors (Lipinski definition) is 2. The van der Waals surface area contributed by atoms with Gasteiger partial charge >= 0.3 is 0 Å². The zero-order valence-electron chi connectivity index (χ0n) is 13.8. The molecule has 4 nitrogen and oxygen atoms in total. The second-order valence-corrected chi connectivity index (χ2v) is 7.14. The van der Waals surface area contributed by atoms with Crippen LogP contribution in [0.2, 0.25) is 0 Å². The molecule has 2 aromatic rings. The van der Waals surface area contributed by atoms with Gasteiger partial charge in [-0.2, -0.15) is 0 Å². The standard InChI is InChI=1S/C19H17BrN2O2S/c1-11-16(18(24)12-6-4-3-5-7-12)17(21-19(25)22(11)2)14-10-13(20)8-9-15(14)23/h3-10,17,23H,1-2H3,(H,21,25). The number of phenols is 1. The van der Waals surface area contributed by atoms with Crippen molar-refractivity contribution in [3.8, 4) is 5.75 Å². The Kier molecular flexibility index (Phi) is 4.92. The lowest BCUT2D eigenvalue weighted by atomic mass is 9.89. The minimum absolute atomic E-state index is 0.0932. The molecular formula is C19H17BrN2O2S. The first-order chi connectivity index (χ1) is 11.9. The largest absolute Gasteiger partial charge is 0.508 e. The number of benzene rings is 2. The molecule has 1 aliphatic rings. The van der Waals surface area contributed by atoms with Crippen LogP contribution in [0.5, 0.6) is 5.75 Å². The maximum absolute atomic E-state index is 13.2. The summed E-state index contributed by atoms with van der Waals surface area (Å²) in [5, 5.41) is 14.0. The van der Waals surface area contributed by atoms with Crippen molar-refractivity contribution < 1.29 is 9.90 Å². The topological polar surface area (TPSA) is 52.6 Å². The lowest BCUT2D eigenvalue weighted by Crippen LogP contribution is -2.45. The summed E-state index contributed by atoms with van der Waals surface area (Å²) < 4.78 is 0.816. The van der Waals surface area contributed by atoms with Crippen molar-refractivity contribution in [2.75, 3.05) is 7.05 Å². The molecule has 3 rings (SSSR count). The summed E-state index contributed by atoms with van der Waals surface area (Å²) in [4.78, 5) is 15.0. The van der Waals surface area contributed by atoms with Gasteiger partial charge in [0.2, 0.25) is 0 Å². The van der Waals surface area contributed by atoms with Gasteiger partial charge in [-0.05, 0) is 37.3 Å². The zero-order chi connectivity index (χ0) is 18.1. The van der Waals surface area contributed by atoms with Gasteiger partial charge in [-0.3, -0.25) is 4.79 Å². The number of halogens is 1. The van der Waals surface area contributed by atoms with Crippen molar-refractivity contribution in [3.05, 3.63) is 75.4 Å². The Bertz CT molecular complexity index is 880. The summed E-state index contributed by atoms with van der Waals surface area (Å²) in [5.74, 6) is 0.0172. The Morgan fingerprint density at radius 2 is 1.92 bits per heavy atom. The third-order valence-corrected chi connectivity index (χ3v) is 5.22. The quantitative estimate of drug-likeness (QED) is 0.580. The molecule has 0 aliphatic carbocycles. The van der Waals surface area contributed by atoms with Gasteiger partial charge in [0.25, 0.3) is 0 Å². The second kappa shape index (κ2) is 6.98. The lowest BCUT2D eigenvalue weighted by molar-refractivity contribution is 0.102. The molecule has 0 fully saturated rings. The smallest absolute Gasteiger partial charge is 0.193 e. The summed E-state index contributed by atoms with van der Waals surface area (Å²) in [5.41, 5.74) is 2.53. The number of allylic oxidation sites excluding steroid dienone is 1. The van der Waals surface area contributed by atoms with Crippen LogP contribution in [0.15, 0.2) is 64.3 Å². The van der Waals surface area contributed by atoms with E-state index in [0.717, 1.165) is 10.2 Å². The predicted octanol–water partition coefficient (Wildman–Crippen LogP) is 4.17. The van der Waals surface area contributed by atoms with Gasteiger partial charge in [0.15, 0.2) is 10.9 Å². The number of aromatic hydroxyl groups is 1. The number of nitrogens with one attached hydrogen (secondary N) is 1. The van der Waals surface area contributed by atoms with E-state index in [1.807, 2.05) is 32.2 Å². The van der Waals surface area contributed by atoms with Gasteiger partial charge < -0.3 is 15.3 Å². The highest BCUT2D eigenvalue weighted by atomic mass is 79.9. The summed E-state index contributed by atoms with van der Waals surface area (Å²) in [7, 11) is 1.82. The highest BCUT2D eigenvalue weighted by Crippen LogP contribution is 2.37. The maximum atomic E-state index is 13.2. The normalized spacial score (nSPS) is 17.5. The maximum Gasteiger partial charge on any atom is 0.193 e. The first-order valence-electron chi connectivity index (χ1n) is 7.73. The molecule has 0 radical (unpaired) electrons. The van der Waals surface area contributed by atoms with Gasteiger partial charge in [0.1, 0.15) is 5.75 Å². The second-order valence-electron chi connectivity index (χ2n) is 5.84. The molecule has 0 saturated carbocycles. The Balaban J connectivity index is 2.17. The average Bonchev–Trinajstić information content (AvgIpc) is 2.61. The highest BCUT2D eigenvalue weighted by Gasteiger charge is 2.34. The molecule has 0 aromatic heterocycles. The molecule has 0 amide bonds. The van der Waals surface area contributed by atoms with E-state index in [0.29, 0.717) is 21.8 Å². The molecule has 128 valence electrons. The summed E-state index contributed by atoms with van der Waals surface area (Å²) >= 11 is 8.81. The Morgan fingerprint density at radius 3 is 2.60 bits per heavy atom. The number of Topliss-reactive ketones (excluding diaryl/α,β-unsaturated/α-hetero) is 1. The number of nitrogens with zero attached hydrogens (tertiary/aromatic N) is 1. The Labute approximate surface area is 160 Å². The number of carbonyl (C=O) groups excluding carboxylic acids is 1. The molecule has 2 aromatic carbocycles. The molecule has 25 heavy (non-hydrogen) atoms. The number of phenolic OH excluding ortho intramolecular Hbond substituents is 1. The van der Waals surface area contributed by atoms with Gasteiger partial charge in [-0.15, -0.1) is 0 Å². The molecule has 1 aliphatic heterocycles. The van der Waals surface area contributed by atoms with Gasteiger partial charge in [-0.1, -0.05) is 46.3 Å². The molecule has 0 bridgehead atoms. The fourth-order valence-electron chi connectivity index (χ4n) is 2.86. The van der Waals surface area contributed by atoms with E-state index in [9.17, 15) is 9.90 Å². The van der Waals surface area contributed by atoms with Crippen LogP contribution >= 0.6 is 28.1 Å². The molecule has 6 heteroatoms. The van der Waals surface area contributed by atoms with Crippen LogP contribution in [-0.4, -0.2) is 27.9 Å². The molecular weight excluding hydrogens is 400 g/mol. The first kappa shape index (κ1) is 17.6. The summed E-state index contributed by atoms with van der Waals surface area (Å²) in [6, 6.07) is 13.7. The number of carbonyl (C=O) groups is 1. The number of thiocarbonyl (C=S) groups is 1. The Hall–Kier alpha value is -2.18. The van der Waals surface area contributed by atoms with Crippen molar-refractivity contribution in [2.24, 2.45) is 0 Å². The molecule has 1 atom stereocenters. The zero-order valence-corrected chi connectivity index (χ0v) is 16.2. The first-order valence-corrected chi connectivity index (χ1v) is 8.93. The minimum atomic E-state index is -0.520. The SMILES string of the molecule is CC1=C(C(=O)c2ccccc2)C(c2cc(Br)ccc2O)NC(=S)N1C. The average molecular weight is 417 g/mol. The van der Waals surface area contributed by atoms with Gasteiger partial charge in [-0.25, -0.2) is 0 Å². The molecule has 0 saturated heterocycles. The van der Waals surface area contributed by atoms with Crippen LogP contribution in [0, 0.1) is 0 Å². The van der Waals surface area contributed by atoms with E-state index in [2.05, 4.69) is 21.2 Å². The summed E-state index contributed by atoms with van der Waals surface area (Å²) in [6.07, 6.45) is 0. The van der Waals surface area contributed by atoms with Gasteiger partial charge in [0, 0.05) is 33.9 Å². The van der Waals surface area contributed by atoms with E-state index >= 15 is 0 Å². The fraction of sp³-hybridized carbons (Fsp3) is 0.158. The highest BCUT2D eigenvalue weighted by molar-refractivity contribution is 9.10. The van der Waals surface area contributed by atoms with Crippen LogP contribution in [0.25, 0.3) is 0 Å². The van der Waals surface area contributed by atoms with Crippen LogP contribution in [0.1, 0.15) is 28.9 Å². The van der Waals surface area contributed by atoms with E-state index in [1.54, 1.807) is 35.2 Å². The fourth-order valence-corrected chi connectivity index (χ4v) is 3.50. The van der Waals surface area contributed by atoms with Crippen LogP contribution in [0.3, 0.4) is 0 Å². The van der Waals surface area contributed by atoms with E-state index in [4.69, 9.17) is 12.2 Å². The van der Waals surface area contributed by atoms with Crippen molar-refractivity contribution in [3.63, 3.8) is 0 Å². The van der Waals surface area contributed by atoms with Crippen molar-refractivity contribution >= 4 is 39.0 Å². The third-order valence-electron chi connectivity index (χ3n) is 4.34. The van der Waals surface area contributed by atoms with Crippen LogP contribution in [-0.2, 0) is 0 Å². The van der Waals surface area contributed by atoms with Crippen molar-refractivity contribution in [1.29, 1.82) is 0 Å². The lowest BCUT2D eigenvalue weighted by Gasteiger charge is -2.36. The third kappa shape index (κ3) is 3.32. The van der Waals surface area contributed by atoms with Crippen molar-refractivity contribution in [2.45, 2.75) is 13.0 Å². The summed E-state index contributed by atoms with van der Waals surface area (Å²) in [6.45, 7) is 1.87. The molecule has 2 N–H and O–H groups in total. The Morgan fingerprint density at radius 1 is 1.24 bits per heavy atom. The van der Waals surface area contributed by atoms with Crippen molar-refractivity contribution in [1.82, 2.24) is 10.2 Å². The number of hydrogen-bond acceptors (Lipinski definition) is 3. The molecule has 1 heterocycles.